The number of rotatable bonds is 3. The lowest BCUT2D eigenvalue weighted by Gasteiger charge is -2.22. The minimum absolute atomic E-state index is 0.103. The number of aliphatic hydroxyl groups is 1. The normalized spacial score (nSPS) is 18.5. The van der Waals surface area contributed by atoms with Crippen LogP contribution in [0.15, 0.2) is 18.2 Å². The number of aliphatic hydroxyl groups excluding tert-OH is 1. The summed E-state index contributed by atoms with van der Waals surface area (Å²) in [5.41, 5.74) is 1.50. The van der Waals surface area contributed by atoms with Crippen LogP contribution in [-0.2, 0) is 22.6 Å². The zero-order chi connectivity index (χ0) is 12.4. The molecule has 0 bridgehead atoms. The summed E-state index contributed by atoms with van der Waals surface area (Å²) < 4.78 is 5.12. The highest BCUT2D eigenvalue weighted by atomic mass is 79.9. The van der Waals surface area contributed by atoms with Crippen LogP contribution in [0, 0.1) is 5.92 Å². The quantitative estimate of drug-likeness (QED) is 0.394. The number of hydrogen-bond donors (Lipinski definition) is 1. The van der Waals surface area contributed by atoms with Gasteiger partial charge in [0.1, 0.15) is 11.7 Å². The molecule has 1 aromatic carbocycles. The molecule has 17 heavy (non-hydrogen) atoms. The first kappa shape index (κ1) is 12.3. The first-order chi connectivity index (χ1) is 8.15. The molecule has 90 valence electrons. The van der Waals surface area contributed by atoms with Crippen LogP contribution in [0.3, 0.4) is 0 Å². The second kappa shape index (κ2) is 4.98. The summed E-state index contributed by atoms with van der Waals surface area (Å²) in [7, 11) is 0. The number of Topliss-reactive ketones (excluding diaryl/α,β-unsaturated/α-hetero) is 1. The average molecular weight is 299 g/mol. The molecule has 0 saturated heterocycles. The van der Waals surface area contributed by atoms with Crippen molar-refractivity contribution < 1.29 is 19.4 Å². The maximum atomic E-state index is 11.6. The zero-order valence-corrected chi connectivity index (χ0v) is 10.6. The van der Waals surface area contributed by atoms with Gasteiger partial charge in [0.05, 0.1) is 11.9 Å². The van der Waals surface area contributed by atoms with E-state index < -0.39 is 11.9 Å². The van der Waals surface area contributed by atoms with E-state index in [0.29, 0.717) is 17.7 Å². The van der Waals surface area contributed by atoms with Gasteiger partial charge in [0.2, 0.25) is 0 Å². The van der Waals surface area contributed by atoms with Crippen molar-refractivity contribution in [1.82, 2.24) is 0 Å². The van der Waals surface area contributed by atoms with Crippen LogP contribution >= 0.6 is 15.9 Å². The molecule has 1 aromatic rings. The maximum Gasteiger partial charge on any atom is 0.322 e. The Labute approximate surface area is 107 Å². The third-order valence-corrected chi connectivity index (χ3v) is 3.31. The maximum absolute atomic E-state index is 11.6. The Morgan fingerprint density at radius 2 is 2.29 bits per heavy atom. The summed E-state index contributed by atoms with van der Waals surface area (Å²) in [6.07, 6.45) is 0.365. The van der Waals surface area contributed by atoms with E-state index in [2.05, 4.69) is 15.9 Å². The molecule has 0 amide bonds. The predicted octanol–water partition coefficient (Wildman–Crippen LogP) is 1.22. The molecule has 0 saturated carbocycles. The van der Waals surface area contributed by atoms with Crippen molar-refractivity contribution in [3.05, 3.63) is 29.3 Å². The number of carbonyl (C=O) groups excluding carboxylic acids is 2. The molecule has 0 aliphatic carbocycles. The molecule has 1 aliphatic heterocycles. The molecule has 1 aliphatic rings. The number of ketones is 1. The van der Waals surface area contributed by atoms with Crippen molar-refractivity contribution in [2.45, 2.75) is 13.0 Å². The molecule has 0 fully saturated rings. The van der Waals surface area contributed by atoms with Crippen LogP contribution < -0.4 is 4.74 Å². The van der Waals surface area contributed by atoms with Crippen molar-refractivity contribution in [3.8, 4) is 5.75 Å². The van der Waals surface area contributed by atoms with Crippen LogP contribution in [0.5, 0.6) is 5.75 Å². The van der Waals surface area contributed by atoms with Crippen molar-refractivity contribution in [3.63, 3.8) is 0 Å². The van der Waals surface area contributed by atoms with E-state index >= 15 is 0 Å². The highest BCUT2D eigenvalue weighted by Crippen LogP contribution is 2.29. The molecule has 0 radical (unpaired) electrons. The fourth-order valence-corrected chi connectivity index (χ4v) is 2.17. The van der Waals surface area contributed by atoms with E-state index in [9.17, 15) is 9.59 Å². The molecule has 4 nitrogen and oxygen atoms in total. The van der Waals surface area contributed by atoms with Gasteiger partial charge in [-0.2, -0.15) is 0 Å². The number of ether oxygens (including phenoxy) is 1. The Balaban J connectivity index is 2.30. The summed E-state index contributed by atoms with van der Waals surface area (Å²) in [4.78, 5) is 23.2. The highest BCUT2D eigenvalue weighted by Gasteiger charge is 2.33. The van der Waals surface area contributed by atoms with E-state index in [4.69, 9.17) is 9.84 Å². The summed E-state index contributed by atoms with van der Waals surface area (Å²) in [5.74, 6) is -0.967. The molecule has 1 heterocycles. The Bertz CT molecular complexity index is 470. The van der Waals surface area contributed by atoms with E-state index in [-0.39, 0.29) is 17.7 Å². The molecule has 1 atom stereocenters. The molecule has 5 heteroatoms. The van der Waals surface area contributed by atoms with Crippen LogP contribution in [0.2, 0.25) is 0 Å². The van der Waals surface area contributed by atoms with E-state index in [1.165, 1.54) is 0 Å². The van der Waals surface area contributed by atoms with Crippen LogP contribution in [0.4, 0.5) is 0 Å². The Morgan fingerprint density at radius 1 is 1.53 bits per heavy atom. The summed E-state index contributed by atoms with van der Waals surface area (Å²) in [6.45, 7) is -0.103. The molecular weight excluding hydrogens is 288 g/mol. The second-order valence-corrected chi connectivity index (χ2v) is 4.44. The van der Waals surface area contributed by atoms with Gasteiger partial charge in [0, 0.05) is 0 Å². The first-order valence-corrected chi connectivity index (χ1v) is 6.31. The fraction of sp³-hybridized carbons (Fsp3) is 0.333. The van der Waals surface area contributed by atoms with Gasteiger partial charge in [-0.15, -0.1) is 0 Å². The molecule has 1 N–H and O–H groups in total. The van der Waals surface area contributed by atoms with E-state index in [0.717, 1.165) is 5.56 Å². The molecule has 0 spiro atoms. The highest BCUT2D eigenvalue weighted by molar-refractivity contribution is 9.09. The first-order valence-electron chi connectivity index (χ1n) is 5.18. The van der Waals surface area contributed by atoms with Crippen molar-refractivity contribution in [2.75, 3.05) is 5.33 Å². The topological polar surface area (TPSA) is 63.6 Å². The molecule has 1 unspecified atom stereocenters. The van der Waals surface area contributed by atoms with Gasteiger partial charge in [0.25, 0.3) is 0 Å². The Morgan fingerprint density at radius 3 is 2.94 bits per heavy atom. The number of fused-ring (bicyclic) bond motifs is 1. The van der Waals surface area contributed by atoms with Crippen LogP contribution in [0.1, 0.15) is 11.1 Å². The lowest BCUT2D eigenvalue weighted by atomic mass is 9.92. The van der Waals surface area contributed by atoms with Gasteiger partial charge < -0.3 is 9.84 Å². The minimum Gasteiger partial charge on any atom is -0.426 e. The Hall–Kier alpha value is -1.20. The second-order valence-electron chi connectivity index (χ2n) is 3.88. The van der Waals surface area contributed by atoms with E-state index in [1.54, 1.807) is 18.2 Å². The number of esters is 1. The third kappa shape index (κ3) is 2.40. The van der Waals surface area contributed by atoms with Gasteiger partial charge in [-0.3, -0.25) is 9.59 Å². The van der Waals surface area contributed by atoms with Crippen molar-refractivity contribution in [1.29, 1.82) is 0 Å². The SMILES string of the molecule is O=C(CBr)C1Cc2ccc(CO)cc2OC1=O. The number of carbonyl (C=O) groups is 2. The fourth-order valence-electron chi connectivity index (χ4n) is 1.78. The van der Waals surface area contributed by atoms with Gasteiger partial charge in [-0.05, 0) is 23.6 Å². The van der Waals surface area contributed by atoms with Crippen LogP contribution in [0.25, 0.3) is 0 Å². The summed E-state index contributed by atoms with van der Waals surface area (Å²) >= 11 is 3.05. The minimum atomic E-state index is -0.721. The van der Waals surface area contributed by atoms with Gasteiger partial charge >= 0.3 is 5.97 Å². The number of hydrogen-bond acceptors (Lipinski definition) is 4. The summed E-state index contributed by atoms with van der Waals surface area (Å²) in [6, 6.07) is 5.16. The standard InChI is InChI=1S/C12H11BrO4/c13-5-10(15)9-4-8-2-1-7(6-14)3-11(8)17-12(9)16/h1-3,9,14H,4-6H2. The third-order valence-electron chi connectivity index (χ3n) is 2.75. The Kier molecular flexibility index (Phi) is 3.59. The zero-order valence-electron chi connectivity index (χ0n) is 8.98. The number of alkyl halides is 1. The van der Waals surface area contributed by atoms with Gasteiger partial charge in [-0.25, -0.2) is 0 Å². The van der Waals surface area contributed by atoms with Crippen molar-refractivity contribution in [2.24, 2.45) is 5.92 Å². The van der Waals surface area contributed by atoms with Gasteiger partial charge in [0.15, 0.2) is 5.78 Å². The summed E-state index contributed by atoms with van der Waals surface area (Å²) in [5, 5.41) is 9.13. The predicted molar refractivity (Wildman–Crippen MR) is 64.0 cm³/mol. The number of halogens is 1. The average Bonchev–Trinajstić information content (AvgIpc) is 2.36. The monoisotopic (exact) mass is 298 g/mol. The number of benzene rings is 1. The molecule has 0 aromatic heterocycles. The largest absolute Gasteiger partial charge is 0.426 e. The van der Waals surface area contributed by atoms with Crippen molar-refractivity contribution >= 4 is 27.7 Å². The van der Waals surface area contributed by atoms with E-state index in [1.807, 2.05) is 0 Å². The van der Waals surface area contributed by atoms with Gasteiger partial charge in [-0.1, -0.05) is 28.1 Å². The van der Waals surface area contributed by atoms with Crippen LogP contribution in [-0.4, -0.2) is 22.2 Å². The lowest BCUT2D eigenvalue weighted by Crippen LogP contribution is -2.34. The molecule has 2 rings (SSSR count). The molecular formula is C12H11BrO4. The smallest absolute Gasteiger partial charge is 0.322 e. The lowest BCUT2D eigenvalue weighted by molar-refractivity contribution is -0.144.